The van der Waals surface area contributed by atoms with Gasteiger partial charge < -0.3 is 24.8 Å². The van der Waals surface area contributed by atoms with E-state index >= 15 is 4.39 Å². The first-order chi connectivity index (χ1) is 19.2. The van der Waals surface area contributed by atoms with Crippen molar-refractivity contribution in [2.24, 2.45) is 0 Å². The highest BCUT2D eigenvalue weighted by Crippen LogP contribution is 2.38. The Morgan fingerprint density at radius 3 is 2.83 bits per heavy atom. The number of hydrogen-bond acceptors (Lipinski definition) is 4. The first-order valence-electron chi connectivity index (χ1n) is 13.1. The van der Waals surface area contributed by atoms with Gasteiger partial charge in [-0.15, -0.1) is 0 Å². The molecule has 0 spiro atoms. The van der Waals surface area contributed by atoms with Crippen LogP contribution in [0.4, 0.5) is 18.0 Å². The molecule has 40 heavy (non-hydrogen) atoms. The maximum Gasteiger partial charge on any atom is 0.320 e. The number of β-amino-alcohol motifs (C(OH)–C–C–N with tert-alkyl or cyclic N) is 1. The Bertz CT molecular complexity index is 1740. The largest absolute Gasteiger partial charge is 0.385 e. The van der Waals surface area contributed by atoms with Gasteiger partial charge in [0.1, 0.15) is 17.6 Å². The van der Waals surface area contributed by atoms with Gasteiger partial charge in [0.2, 0.25) is 0 Å². The van der Waals surface area contributed by atoms with Crippen molar-refractivity contribution in [1.29, 1.82) is 0 Å². The first kappa shape index (κ1) is 24.7. The second-order valence-electron chi connectivity index (χ2n) is 10.5. The van der Waals surface area contributed by atoms with Crippen molar-refractivity contribution in [2.75, 3.05) is 26.2 Å². The molecule has 3 aliphatic heterocycles. The number of halogens is 3. The van der Waals surface area contributed by atoms with E-state index in [2.05, 4.69) is 10.3 Å². The summed E-state index contributed by atoms with van der Waals surface area (Å²) in [5, 5.41) is 13.3. The van der Waals surface area contributed by atoms with Crippen molar-refractivity contribution in [1.82, 2.24) is 29.1 Å². The molecule has 0 aliphatic carbocycles. The molecule has 9 nitrogen and oxygen atoms in total. The van der Waals surface area contributed by atoms with E-state index in [9.17, 15) is 23.5 Å². The minimum atomic E-state index is -3.23. The standard InChI is InChI=1S/C28H25F3N6O3/c29-17-9-16-13-36(27(40)35-6-4-28(30,31)22(38)15-35)8-7-34-14-20(18(10-17)25(16)34)24-19(11-33-26(24)39)21-12-32-23-3-1-2-5-37(21)23/h1-3,5,9-10,12,14,22,38H,4,6-8,11,13,15H2,(H,33,39). The van der Waals surface area contributed by atoms with Crippen LogP contribution in [0, 0.1) is 5.82 Å². The number of rotatable bonds is 2. The summed E-state index contributed by atoms with van der Waals surface area (Å²) in [6.45, 7) is 0.315. The third-order valence-corrected chi connectivity index (χ3v) is 8.07. The van der Waals surface area contributed by atoms with Crippen LogP contribution in [0.5, 0.6) is 0 Å². The van der Waals surface area contributed by atoms with Crippen molar-refractivity contribution < 1.29 is 27.9 Å². The third-order valence-electron chi connectivity index (χ3n) is 8.07. The number of nitrogens with zero attached hydrogens (tertiary/aromatic N) is 5. The number of carbonyl (C=O) groups is 2. The number of fused-ring (bicyclic) bond motifs is 1. The molecule has 4 aromatic rings. The highest BCUT2D eigenvalue weighted by molar-refractivity contribution is 6.32. The normalized spacial score (nSPS) is 20.9. The Labute approximate surface area is 226 Å². The number of benzene rings is 1. The highest BCUT2D eigenvalue weighted by atomic mass is 19.3. The van der Waals surface area contributed by atoms with E-state index in [-0.39, 0.29) is 25.5 Å². The predicted molar refractivity (Wildman–Crippen MR) is 140 cm³/mol. The number of piperidine rings is 1. The van der Waals surface area contributed by atoms with E-state index < -0.39 is 36.8 Å². The number of nitrogens with one attached hydrogen (secondary N) is 1. The Hall–Kier alpha value is -4.32. The molecule has 206 valence electrons. The molecule has 7 rings (SSSR count). The second-order valence-corrected chi connectivity index (χ2v) is 10.5. The minimum Gasteiger partial charge on any atom is -0.385 e. The van der Waals surface area contributed by atoms with Crippen LogP contribution in [0.1, 0.15) is 23.2 Å². The summed E-state index contributed by atoms with van der Waals surface area (Å²) in [5.41, 5.74) is 4.55. The Balaban J connectivity index is 1.29. The Morgan fingerprint density at radius 1 is 1.15 bits per heavy atom. The maximum atomic E-state index is 15.0. The summed E-state index contributed by atoms with van der Waals surface area (Å²) in [6.07, 6.45) is 2.86. The number of aliphatic hydroxyl groups is 1. The van der Waals surface area contributed by atoms with Crippen molar-refractivity contribution in [3.05, 3.63) is 71.6 Å². The quantitative estimate of drug-likeness (QED) is 0.401. The fourth-order valence-corrected chi connectivity index (χ4v) is 6.06. The Morgan fingerprint density at radius 2 is 2.00 bits per heavy atom. The number of urea groups is 1. The smallest absolute Gasteiger partial charge is 0.320 e. The van der Waals surface area contributed by atoms with E-state index in [1.165, 1.54) is 21.9 Å². The van der Waals surface area contributed by atoms with E-state index in [1.807, 2.05) is 39.6 Å². The molecule has 1 aromatic carbocycles. The molecule has 3 amide bonds. The zero-order chi connectivity index (χ0) is 27.8. The number of carbonyl (C=O) groups excluding carboxylic acids is 2. The number of imidazole rings is 1. The zero-order valence-corrected chi connectivity index (χ0v) is 21.3. The van der Waals surface area contributed by atoms with Crippen molar-refractivity contribution in [2.45, 2.75) is 31.5 Å². The number of aromatic nitrogens is 3. The molecule has 6 heterocycles. The maximum absolute atomic E-state index is 15.0. The SMILES string of the molecule is O=C1NCC(c2cnc3ccccn23)=C1c1cn2c3c(cc(F)cc13)CN(C(=O)N1CCC(F)(F)C(O)C1)CC2. The van der Waals surface area contributed by atoms with Crippen LogP contribution in [-0.4, -0.2) is 79.0 Å². The van der Waals surface area contributed by atoms with E-state index in [1.54, 1.807) is 6.20 Å². The summed E-state index contributed by atoms with van der Waals surface area (Å²) in [5.74, 6) is -4.01. The predicted octanol–water partition coefficient (Wildman–Crippen LogP) is 3.11. The van der Waals surface area contributed by atoms with Crippen LogP contribution < -0.4 is 5.32 Å². The fourth-order valence-electron chi connectivity index (χ4n) is 6.06. The van der Waals surface area contributed by atoms with Crippen LogP contribution in [0.15, 0.2) is 48.9 Å². The molecule has 1 saturated heterocycles. The number of amides is 3. The molecule has 0 saturated carbocycles. The van der Waals surface area contributed by atoms with Gasteiger partial charge >= 0.3 is 6.03 Å². The number of pyridine rings is 1. The molecule has 1 unspecified atom stereocenters. The number of aliphatic hydroxyl groups excluding tert-OH is 1. The summed E-state index contributed by atoms with van der Waals surface area (Å²) in [7, 11) is 0. The fraction of sp³-hybridized carbons (Fsp3) is 0.321. The van der Waals surface area contributed by atoms with Crippen LogP contribution in [-0.2, 0) is 17.9 Å². The molecule has 12 heteroatoms. The average molecular weight is 551 g/mol. The third kappa shape index (κ3) is 3.77. The van der Waals surface area contributed by atoms with Gasteiger partial charge in [0.15, 0.2) is 0 Å². The lowest BCUT2D eigenvalue weighted by atomic mass is 9.98. The Kier molecular flexibility index (Phi) is 5.46. The lowest BCUT2D eigenvalue weighted by Crippen LogP contribution is -2.55. The second kappa shape index (κ2) is 8.85. The average Bonchev–Trinajstić information content (AvgIpc) is 3.58. The van der Waals surface area contributed by atoms with Gasteiger partial charge in [0, 0.05) is 68.1 Å². The van der Waals surface area contributed by atoms with Crippen molar-refractivity contribution >= 4 is 39.6 Å². The van der Waals surface area contributed by atoms with Gasteiger partial charge in [-0.3, -0.25) is 9.20 Å². The number of hydrogen-bond donors (Lipinski definition) is 2. The zero-order valence-electron chi connectivity index (χ0n) is 21.3. The van der Waals surface area contributed by atoms with E-state index in [4.69, 9.17) is 0 Å². The lowest BCUT2D eigenvalue weighted by Gasteiger charge is -2.38. The molecule has 3 aliphatic rings. The number of alkyl halides is 2. The minimum absolute atomic E-state index is 0.0604. The summed E-state index contributed by atoms with van der Waals surface area (Å²) >= 11 is 0. The van der Waals surface area contributed by atoms with Gasteiger partial charge in [-0.1, -0.05) is 6.07 Å². The van der Waals surface area contributed by atoms with Gasteiger partial charge in [0.25, 0.3) is 11.8 Å². The van der Waals surface area contributed by atoms with Crippen LogP contribution in [0.3, 0.4) is 0 Å². The summed E-state index contributed by atoms with van der Waals surface area (Å²) in [4.78, 5) is 33.6. The molecule has 0 radical (unpaired) electrons. The van der Waals surface area contributed by atoms with Gasteiger partial charge in [-0.25, -0.2) is 22.9 Å². The van der Waals surface area contributed by atoms with E-state index in [0.29, 0.717) is 40.7 Å². The molecular weight excluding hydrogens is 525 g/mol. The van der Waals surface area contributed by atoms with Gasteiger partial charge in [0.05, 0.1) is 29.5 Å². The monoisotopic (exact) mass is 550 g/mol. The molecular formula is C28H25F3N6O3. The summed E-state index contributed by atoms with van der Waals surface area (Å²) in [6, 6.07) is 7.91. The highest BCUT2D eigenvalue weighted by Gasteiger charge is 2.45. The summed E-state index contributed by atoms with van der Waals surface area (Å²) < 4.78 is 46.4. The van der Waals surface area contributed by atoms with Crippen LogP contribution >= 0.6 is 0 Å². The first-order valence-corrected chi connectivity index (χ1v) is 13.1. The molecule has 0 bridgehead atoms. The molecule has 1 atom stereocenters. The van der Waals surface area contributed by atoms with Crippen LogP contribution in [0.2, 0.25) is 0 Å². The number of likely N-dealkylation sites (tertiary alicyclic amines) is 1. The van der Waals surface area contributed by atoms with Crippen LogP contribution in [0.25, 0.3) is 27.7 Å². The topological polar surface area (TPSA) is 95.1 Å². The van der Waals surface area contributed by atoms with Crippen molar-refractivity contribution in [3.8, 4) is 0 Å². The molecule has 3 aromatic heterocycles. The molecule has 1 fully saturated rings. The lowest BCUT2D eigenvalue weighted by molar-refractivity contribution is -0.141. The van der Waals surface area contributed by atoms with E-state index in [0.717, 1.165) is 16.9 Å². The molecule has 2 N–H and O–H groups in total. The van der Waals surface area contributed by atoms with Gasteiger partial charge in [-0.2, -0.15) is 0 Å². The van der Waals surface area contributed by atoms with Crippen molar-refractivity contribution in [3.63, 3.8) is 0 Å². The van der Waals surface area contributed by atoms with Gasteiger partial charge in [-0.05, 0) is 29.8 Å².